The van der Waals surface area contributed by atoms with Crippen LogP contribution in [0.3, 0.4) is 0 Å². The normalized spacial score (nSPS) is 12.0. The predicted molar refractivity (Wildman–Crippen MR) is 46.4 cm³/mol. The van der Waals surface area contributed by atoms with E-state index in [2.05, 4.69) is 4.36 Å². The molecule has 68 valence electrons. The highest BCUT2D eigenvalue weighted by atomic mass is 35.5. The van der Waals surface area contributed by atoms with Gasteiger partial charge in [-0.15, -0.1) is 12.4 Å². The van der Waals surface area contributed by atoms with E-state index in [1.54, 1.807) is 19.0 Å². The van der Waals surface area contributed by atoms with Gasteiger partial charge in [0.25, 0.3) is 0 Å². The lowest BCUT2D eigenvalue weighted by Gasteiger charge is -2.15. The van der Waals surface area contributed by atoms with Crippen LogP contribution in [0.4, 0.5) is 0 Å². The predicted octanol–water partition coefficient (Wildman–Crippen LogP) is 0.769. The third-order valence-corrected chi connectivity index (χ3v) is 1.58. The first-order valence-electron chi connectivity index (χ1n) is 3.04. The molecule has 4 nitrogen and oxygen atoms in total. The van der Waals surface area contributed by atoms with Crippen LogP contribution in [0, 0.1) is 0 Å². The molecular weight excluding hydrogens is 188 g/mol. The molecule has 1 atom stereocenters. The molecule has 0 N–H and O–H groups in total. The second-order valence-corrected chi connectivity index (χ2v) is 2.82. The molecule has 6 heteroatoms. The second kappa shape index (κ2) is 6.57. The Balaban J connectivity index is 0. The highest BCUT2D eigenvalue weighted by molar-refractivity contribution is 7.61. The Hall–Kier alpha value is -0.130. The van der Waals surface area contributed by atoms with Crippen molar-refractivity contribution in [3.8, 4) is 0 Å². The summed E-state index contributed by atoms with van der Waals surface area (Å²) in [4.78, 5) is 1.76. The number of rotatable bonds is 3. The van der Waals surface area contributed by atoms with Gasteiger partial charge in [-0.3, -0.25) is 4.90 Å². The fourth-order valence-corrected chi connectivity index (χ4v) is 1.17. The minimum atomic E-state index is -2.28. The molecule has 0 amide bonds. The number of hydrogen-bond donors (Lipinski definition) is 0. The van der Waals surface area contributed by atoms with Gasteiger partial charge in [-0.1, -0.05) is 6.92 Å². The molecule has 0 saturated carbocycles. The van der Waals surface area contributed by atoms with Gasteiger partial charge in [-0.25, -0.2) is 0 Å². The Morgan fingerprint density at radius 1 is 1.45 bits per heavy atom. The Kier molecular flexibility index (Phi) is 8.04. The fourth-order valence-electron chi connectivity index (χ4n) is 0.633. The average molecular weight is 201 g/mol. The summed E-state index contributed by atoms with van der Waals surface area (Å²) in [5, 5.41) is 0. The standard InChI is InChI=1S/C5H12N2O2S.ClH/c1-4-5(7(2)3)6-10(8)9;/h5H,4H2,1-3H3;1H. The lowest BCUT2D eigenvalue weighted by atomic mass is 10.4. The van der Waals surface area contributed by atoms with Crippen LogP contribution in [0.5, 0.6) is 0 Å². The molecular formula is C5H13ClN2O2S. The van der Waals surface area contributed by atoms with E-state index in [1.165, 1.54) is 0 Å². The molecule has 0 aromatic rings. The van der Waals surface area contributed by atoms with Gasteiger partial charge in [0.05, 0.1) is 0 Å². The zero-order valence-corrected chi connectivity index (χ0v) is 8.44. The molecule has 0 aliphatic heterocycles. The van der Waals surface area contributed by atoms with Crippen molar-refractivity contribution in [2.24, 2.45) is 4.36 Å². The first kappa shape index (κ1) is 13.5. The molecule has 1 unspecified atom stereocenters. The quantitative estimate of drug-likeness (QED) is 0.676. The van der Waals surface area contributed by atoms with Crippen LogP contribution in [0.15, 0.2) is 4.36 Å². The largest absolute Gasteiger partial charge is 0.312 e. The van der Waals surface area contributed by atoms with Gasteiger partial charge >= 0.3 is 10.5 Å². The summed E-state index contributed by atoms with van der Waals surface area (Å²) in [6.07, 6.45) is 0.499. The van der Waals surface area contributed by atoms with Crippen molar-refractivity contribution in [2.45, 2.75) is 19.5 Å². The average Bonchev–Trinajstić information content (AvgIpc) is 1.81. The smallest absolute Gasteiger partial charge is 0.287 e. The first-order chi connectivity index (χ1) is 4.57. The van der Waals surface area contributed by atoms with E-state index in [0.717, 1.165) is 0 Å². The summed E-state index contributed by atoms with van der Waals surface area (Å²) in [6, 6.07) is 0. The molecule has 0 saturated heterocycles. The zero-order chi connectivity index (χ0) is 8.15. The van der Waals surface area contributed by atoms with Crippen molar-refractivity contribution in [3.63, 3.8) is 0 Å². The summed E-state index contributed by atoms with van der Waals surface area (Å²) >= 11 is 0. The second-order valence-electron chi connectivity index (χ2n) is 2.17. The Bertz CT molecular complexity index is 205. The van der Waals surface area contributed by atoms with Gasteiger partial charge in [-0.2, -0.15) is 12.8 Å². The van der Waals surface area contributed by atoms with Gasteiger partial charge in [0.1, 0.15) is 6.17 Å². The molecule has 11 heavy (non-hydrogen) atoms. The molecule has 0 aromatic heterocycles. The van der Waals surface area contributed by atoms with Gasteiger partial charge in [-0.05, 0) is 20.5 Å². The van der Waals surface area contributed by atoms with E-state index in [-0.39, 0.29) is 18.6 Å². The maximum Gasteiger partial charge on any atom is 0.312 e. The van der Waals surface area contributed by atoms with Crippen molar-refractivity contribution in [3.05, 3.63) is 0 Å². The fraction of sp³-hybridized carbons (Fsp3) is 1.00. The highest BCUT2D eigenvalue weighted by Crippen LogP contribution is 1.98. The Morgan fingerprint density at radius 3 is 2.00 bits per heavy atom. The van der Waals surface area contributed by atoms with Gasteiger partial charge in [0.2, 0.25) is 0 Å². The van der Waals surface area contributed by atoms with Crippen molar-refractivity contribution < 1.29 is 8.42 Å². The van der Waals surface area contributed by atoms with Crippen LogP contribution < -0.4 is 0 Å². The first-order valence-corrected chi connectivity index (χ1v) is 4.07. The van der Waals surface area contributed by atoms with E-state index in [4.69, 9.17) is 0 Å². The van der Waals surface area contributed by atoms with E-state index in [1.807, 2.05) is 6.92 Å². The minimum Gasteiger partial charge on any atom is -0.287 e. The van der Waals surface area contributed by atoms with Gasteiger partial charge in [0.15, 0.2) is 0 Å². The molecule has 0 aromatic carbocycles. The van der Waals surface area contributed by atoms with E-state index < -0.39 is 10.5 Å². The SMILES string of the molecule is CCC(N=S(=O)=O)N(C)C.Cl. The summed E-state index contributed by atoms with van der Waals surface area (Å²) < 4.78 is 23.6. The van der Waals surface area contributed by atoms with Gasteiger partial charge in [0, 0.05) is 0 Å². The van der Waals surface area contributed by atoms with Crippen LogP contribution in [0.1, 0.15) is 13.3 Å². The molecule has 0 bridgehead atoms. The lowest BCUT2D eigenvalue weighted by molar-refractivity contribution is 0.297. The summed E-state index contributed by atoms with van der Waals surface area (Å²) in [5.41, 5.74) is 0. The number of hydrogen-bond acceptors (Lipinski definition) is 4. The molecule has 0 heterocycles. The van der Waals surface area contributed by atoms with E-state index in [9.17, 15) is 8.42 Å². The molecule has 0 rings (SSSR count). The lowest BCUT2D eigenvalue weighted by Crippen LogP contribution is -2.24. The van der Waals surface area contributed by atoms with Crippen LogP contribution >= 0.6 is 12.4 Å². The summed E-state index contributed by atoms with van der Waals surface area (Å²) in [5.74, 6) is 0. The minimum absolute atomic E-state index is 0. The Labute approximate surface area is 74.7 Å². The van der Waals surface area contributed by atoms with Crippen molar-refractivity contribution in [2.75, 3.05) is 14.1 Å². The van der Waals surface area contributed by atoms with Crippen LogP contribution in [0.25, 0.3) is 0 Å². The maximum absolute atomic E-state index is 10.1. The van der Waals surface area contributed by atoms with Crippen molar-refractivity contribution >= 4 is 22.9 Å². The zero-order valence-electron chi connectivity index (χ0n) is 6.81. The summed E-state index contributed by atoms with van der Waals surface area (Å²) in [7, 11) is 1.31. The third kappa shape index (κ3) is 6.28. The summed E-state index contributed by atoms with van der Waals surface area (Å²) in [6.45, 7) is 1.89. The highest BCUT2D eigenvalue weighted by Gasteiger charge is 2.05. The molecule has 0 aliphatic carbocycles. The van der Waals surface area contributed by atoms with Crippen molar-refractivity contribution in [1.82, 2.24) is 4.90 Å². The monoisotopic (exact) mass is 200 g/mol. The molecule has 0 spiro atoms. The molecule has 0 aliphatic rings. The molecule has 0 fully saturated rings. The van der Waals surface area contributed by atoms with Crippen LogP contribution in [-0.4, -0.2) is 33.6 Å². The number of halogens is 1. The molecule has 0 radical (unpaired) electrons. The topological polar surface area (TPSA) is 49.7 Å². The van der Waals surface area contributed by atoms with E-state index >= 15 is 0 Å². The van der Waals surface area contributed by atoms with Crippen LogP contribution in [-0.2, 0) is 10.5 Å². The van der Waals surface area contributed by atoms with E-state index in [0.29, 0.717) is 6.42 Å². The third-order valence-electron chi connectivity index (χ3n) is 1.17. The van der Waals surface area contributed by atoms with Crippen molar-refractivity contribution in [1.29, 1.82) is 0 Å². The van der Waals surface area contributed by atoms with Crippen LogP contribution in [0.2, 0.25) is 0 Å². The van der Waals surface area contributed by atoms with Gasteiger partial charge < -0.3 is 0 Å². The Morgan fingerprint density at radius 2 is 1.91 bits per heavy atom. The maximum atomic E-state index is 10.1. The number of nitrogens with zero attached hydrogens (tertiary/aromatic N) is 2.